The Kier molecular flexibility index (Phi) is 5.89. The summed E-state index contributed by atoms with van der Waals surface area (Å²) in [5, 5.41) is 7.53. The van der Waals surface area contributed by atoms with Crippen LogP contribution < -0.4 is 10.9 Å². The number of hydrogen-bond acceptors (Lipinski definition) is 5. The van der Waals surface area contributed by atoms with Gasteiger partial charge < -0.3 is 10.1 Å². The second-order valence-corrected chi connectivity index (χ2v) is 6.52. The van der Waals surface area contributed by atoms with Crippen molar-refractivity contribution in [2.24, 2.45) is 0 Å². The largest absolute Gasteiger partial charge is 0.462 e. The topological polar surface area (TPSA) is 73.2 Å². The molecule has 0 spiro atoms. The van der Waals surface area contributed by atoms with Gasteiger partial charge >= 0.3 is 5.97 Å². The van der Waals surface area contributed by atoms with Gasteiger partial charge in [0.15, 0.2) is 0 Å². The molecule has 0 saturated heterocycles. The van der Waals surface area contributed by atoms with E-state index in [1.807, 2.05) is 44.2 Å². The minimum absolute atomic E-state index is 0.205. The zero-order chi connectivity index (χ0) is 20.1. The van der Waals surface area contributed by atoms with Crippen LogP contribution in [0.4, 0.5) is 11.4 Å². The van der Waals surface area contributed by atoms with E-state index in [1.165, 1.54) is 4.68 Å². The second kappa shape index (κ2) is 8.52. The first kappa shape index (κ1) is 19.4. The van der Waals surface area contributed by atoms with E-state index in [-0.39, 0.29) is 11.5 Å². The Hall–Kier alpha value is -3.41. The maximum atomic E-state index is 12.9. The average molecular weight is 377 g/mol. The number of carbonyl (C=O) groups is 1. The lowest BCUT2D eigenvalue weighted by molar-refractivity contribution is 0.0526. The van der Waals surface area contributed by atoms with E-state index in [4.69, 9.17) is 4.74 Å². The lowest BCUT2D eigenvalue weighted by Crippen LogP contribution is -2.26. The van der Waals surface area contributed by atoms with E-state index < -0.39 is 0 Å². The van der Waals surface area contributed by atoms with Gasteiger partial charge in [-0.3, -0.25) is 4.79 Å². The summed E-state index contributed by atoms with van der Waals surface area (Å²) < 4.78 is 6.48. The van der Waals surface area contributed by atoms with Gasteiger partial charge in [0.25, 0.3) is 5.56 Å². The average Bonchev–Trinajstić information content (AvgIpc) is 2.68. The maximum Gasteiger partial charge on any atom is 0.338 e. The summed E-state index contributed by atoms with van der Waals surface area (Å²) in [5.41, 5.74) is 4.05. The number of hydrogen-bond donors (Lipinski definition) is 1. The fourth-order valence-corrected chi connectivity index (χ4v) is 2.92. The molecule has 0 atom stereocenters. The molecule has 0 radical (unpaired) electrons. The Morgan fingerprint density at radius 1 is 1.07 bits per heavy atom. The standard InChI is InChI=1S/C22H23N3O3/c1-4-28-22(27)18-10-11-19(15(2)12-18)23-20-13-16(3)24-25(21(20)26)14-17-8-6-5-7-9-17/h5-13,23H,4,14H2,1-3H3. The zero-order valence-electron chi connectivity index (χ0n) is 16.2. The van der Waals surface area contributed by atoms with Gasteiger partial charge in [-0.25, -0.2) is 9.48 Å². The highest BCUT2D eigenvalue weighted by molar-refractivity contribution is 5.90. The number of nitrogens with zero attached hydrogens (tertiary/aromatic N) is 2. The number of aryl methyl sites for hydroxylation is 2. The molecule has 3 aromatic rings. The number of carbonyl (C=O) groups excluding carboxylic acids is 1. The molecule has 1 aromatic heterocycles. The molecule has 0 saturated carbocycles. The Balaban J connectivity index is 1.88. The third-order valence-corrected chi connectivity index (χ3v) is 4.28. The van der Waals surface area contributed by atoms with Crippen LogP contribution in [0.3, 0.4) is 0 Å². The predicted molar refractivity (Wildman–Crippen MR) is 109 cm³/mol. The van der Waals surface area contributed by atoms with Crippen molar-refractivity contribution in [2.45, 2.75) is 27.3 Å². The van der Waals surface area contributed by atoms with Gasteiger partial charge in [0.2, 0.25) is 0 Å². The van der Waals surface area contributed by atoms with Crippen molar-refractivity contribution in [1.82, 2.24) is 9.78 Å². The normalized spacial score (nSPS) is 10.5. The highest BCUT2D eigenvalue weighted by Crippen LogP contribution is 2.21. The molecule has 0 bridgehead atoms. The number of rotatable bonds is 6. The lowest BCUT2D eigenvalue weighted by atomic mass is 10.1. The van der Waals surface area contributed by atoms with Gasteiger partial charge in [-0.05, 0) is 56.2 Å². The fourth-order valence-electron chi connectivity index (χ4n) is 2.92. The third kappa shape index (κ3) is 4.46. The van der Waals surface area contributed by atoms with E-state index in [2.05, 4.69) is 10.4 Å². The minimum Gasteiger partial charge on any atom is -0.462 e. The van der Waals surface area contributed by atoms with Gasteiger partial charge in [-0.2, -0.15) is 5.10 Å². The number of aromatic nitrogens is 2. The molecule has 0 amide bonds. The molecular formula is C22H23N3O3. The van der Waals surface area contributed by atoms with E-state index in [0.29, 0.717) is 24.4 Å². The molecule has 0 aliphatic heterocycles. The van der Waals surface area contributed by atoms with Crippen molar-refractivity contribution < 1.29 is 9.53 Å². The Morgan fingerprint density at radius 2 is 1.82 bits per heavy atom. The molecule has 2 aromatic carbocycles. The van der Waals surface area contributed by atoms with Gasteiger partial charge in [0.1, 0.15) is 5.69 Å². The van der Waals surface area contributed by atoms with E-state index >= 15 is 0 Å². The van der Waals surface area contributed by atoms with Crippen molar-refractivity contribution in [3.05, 3.63) is 87.3 Å². The Bertz CT molecular complexity index is 1040. The molecule has 28 heavy (non-hydrogen) atoms. The summed E-state index contributed by atoms with van der Waals surface area (Å²) in [4.78, 5) is 24.7. The molecule has 6 heteroatoms. The van der Waals surface area contributed by atoms with Gasteiger partial charge in [-0.15, -0.1) is 0 Å². The van der Waals surface area contributed by atoms with E-state index in [1.54, 1.807) is 31.2 Å². The smallest absolute Gasteiger partial charge is 0.338 e. The van der Waals surface area contributed by atoms with Crippen LogP contribution in [0.25, 0.3) is 0 Å². The van der Waals surface area contributed by atoms with Crippen LogP contribution in [0.2, 0.25) is 0 Å². The number of anilines is 2. The molecule has 0 aliphatic rings. The summed E-state index contributed by atoms with van der Waals surface area (Å²) in [6.45, 7) is 6.23. The number of nitrogens with one attached hydrogen (secondary N) is 1. The lowest BCUT2D eigenvalue weighted by Gasteiger charge is -2.13. The molecule has 1 N–H and O–H groups in total. The highest BCUT2D eigenvalue weighted by atomic mass is 16.5. The third-order valence-electron chi connectivity index (χ3n) is 4.28. The first-order valence-corrected chi connectivity index (χ1v) is 9.15. The number of benzene rings is 2. The van der Waals surface area contributed by atoms with Crippen molar-refractivity contribution in [3.63, 3.8) is 0 Å². The summed E-state index contributed by atoms with van der Waals surface area (Å²) in [6, 6.07) is 16.7. The van der Waals surface area contributed by atoms with Gasteiger partial charge in [-0.1, -0.05) is 30.3 Å². The van der Waals surface area contributed by atoms with E-state index in [9.17, 15) is 9.59 Å². The zero-order valence-corrected chi connectivity index (χ0v) is 16.2. The maximum absolute atomic E-state index is 12.9. The second-order valence-electron chi connectivity index (χ2n) is 6.52. The SMILES string of the molecule is CCOC(=O)c1ccc(Nc2cc(C)nn(Cc3ccccc3)c2=O)c(C)c1. The summed E-state index contributed by atoms with van der Waals surface area (Å²) in [7, 11) is 0. The Morgan fingerprint density at radius 3 is 2.50 bits per heavy atom. The van der Waals surface area contributed by atoms with Crippen LogP contribution in [0.5, 0.6) is 0 Å². The molecular weight excluding hydrogens is 354 g/mol. The monoisotopic (exact) mass is 377 g/mol. The van der Waals surface area contributed by atoms with Crippen LogP contribution in [-0.2, 0) is 11.3 Å². The fraction of sp³-hybridized carbons (Fsp3) is 0.227. The van der Waals surface area contributed by atoms with Gasteiger partial charge in [0.05, 0.1) is 24.4 Å². The molecule has 3 rings (SSSR count). The van der Waals surface area contributed by atoms with Crippen molar-refractivity contribution in [3.8, 4) is 0 Å². The first-order valence-electron chi connectivity index (χ1n) is 9.15. The van der Waals surface area contributed by atoms with E-state index in [0.717, 1.165) is 22.5 Å². The number of ether oxygens (including phenoxy) is 1. The molecule has 0 aliphatic carbocycles. The quantitative estimate of drug-likeness (QED) is 0.661. The van der Waals surface area contributed by atoms with Crippen molar-refractivity contribution >= 4 is 17.3 Å². The van der Waals surface area contributed by atoms with Crippen molar-refractivity contribution in [1.29, 1.82) is 0 Å². The molecule has 144 valence electrons. The minimum atomic E-state index is -0.359. The number of esters is 1. The molecule has 6 nitrogen and oxygen atoms in total. The summed E-state index contributed by atoms with van der Waals surface area (Å²) in [5.74, 6) is -0.359. The summed E-state index contributed by atoms with van der Waals surface area (Å²) >= 11 is 0. The molecule has 1 heterocycles. The summed E-state index contributed by atoms with van der Waals surface area (Å²) in [6.07, 6.45) is 0. The molecule has 0 fully saturated rings. The predicted octanol–water partition coefficient (Wildman–Crippen LogP) is 3.83. The van der Waals surface area contributed by atoms with Crippen LogP contribution in [0.1, 0.15) is 34.1 Å². The van der Waals surface area contributed by atoms with Crippen LogP contribution in [0, 0.1) is 13.8 Å². The highest BCUT2D eigenvalue weighted by Gasteiger charge is 2.11. The van der Waals surface area contributed by atoms with Crippen LogP contribution in [-0.4, -0.2) is 22.4 Å². The molecule has 0 unspecified atom stereocenters. The van der Waals surface area contributed by atoms with Crippen molar-refractivity contribution in [2.75, 3.05) is 11.9 Å². The van der Waals surface area contributed by atoms with Crippen LogP contribution in [0.15, 0.2) is 59.4 Å². The Labute approximate surface area is 163 Å². The van der Waals surface area contributed by atoms with Gasteiger partial charge in [0, 0.05) is 5.69 Å². The van der Waals surface area contributed by atoms with Crippen LogP contribution >= 0.6 is 0 Å². The first-order chi connectivity index (χ1) is 13.5.